The van der Waals surface area contributed by atoms with Gasteiger partial charge in [-0.15, -0.1) is 0 Å². The maximum Gasteiger partial charge on any atom is 0.340 e. The smallest absolute Gasteiger partial charge is 0.340 e. The van der Waals surface area contributed by atoms with Gasteiger partial charge in [-0.3, -0.25) is 4.79 Å². The van der Waals surface area contributed by atoms with Gasteiger partial charge in [0.1, 0.15) is 11.2 Å². The first-order valence-corrected chi connectivity index (χ1v) is 11.9. The van der Waals surface area contributed by atoms with Gasteiger partial charge in [-0.05, 0) is 82.7 Å². The molecule has 2 aliphatic rings. The fourth-order valence-corrected chi connectivity index (χ4v) is 5.81. The van der Waals surface area contributed by atoms with E-state index < -0.39 is 5.63 Å². The Morgan fingerprint density at radius 3 is 2.72 bits per heavy atom. The van der Waals surface area contributed by atoms with Crippen molar-refractivity contribution in [3.63, 3.8) is 0 Å². The largest absolute Gasteiger partial charge is 0.464 e. The first-order chi connectivity index (χ1) is 15.4. The van der Waals surface area contributed by atoms with Crippen LogP contribution in [0.5, 0.6) is 0 Å². The predicted molar refractivity (Wildman–Crippen MR) is 125 cm³/mol. The average Bonchev–Trinajstić information content (AvgIpc) is 3.17. The Hall–Kier alpha value is -2.60. The predicted octanol–water partition coefficient (Wildman–Crippen LogP) is 4.39. The number of rotatable bonds is 4. The van der Waals surface area contributed by atoms with Gasteiger partial charge in [0, 0.05) is 28.9 Å². The standard InChI is InChI=1S/C26H32N2O4/c1-15-14-31-24-17(3)25-20(11-19(15)24)16(2)21(26(30)32-25)12-23(29)27-13-18-7-6-10-28-9-5-4-8-22(18)28/h11,14,18,22H,4-10,12-13H2,1-3H3,(H,27,29)/t18-,22+/m0/s1. The quantitative estimate of drug-likeness (QED) is 0.614. The van der Waals surface area contributed by atoms with Gasteiger partial charge in [-0.1, -0.05) is 6.42 Å². The fraction of sp³-hybridized carbons (Fsp3) is 0.538. The highest BCUT2D eigenvalue weighted by Crippen LogP contribution is 2.33. The van der Waals surface area contributed by atoms with E-state index in [0.717, 1.165) is 39.5 Å². The molecule has 6 nitrogen and oxygen atoms in total. The van der Waals surface area contributed by atoms with Crippen LogP contribution in [0.1, 0.15) is 54.4 Å². The summed E-state index contributed by atoms with van der Waals surface area (Å²) >= 11 is 0. The third kappa shape index (κ3) is 3.64. The van der Waals surface area contributed by atoms with E-state index >= 15 is 0 Å². The summed E-state index contributed by atoms with van der Waals surface area (Å²) in [4.78, 5) is 28.2. The number of aryl methyl sites for hydroxylation is 3. The third-order valence-corrected chi connectivity index (χ3v) is 7.66. The number of nitrogens with one attached hydrogen (secondary N) is 1. The summed E-state index contributed by atoms with van der Waals surface area (Å²) in [6.45, 7) is 8.87. The van der Waals surface area contributed by atoms with Gasteiger partial charge in [-0.2, -0.15) is 0 Å². The number of fused-ring (bicyclic) bond motifs is 3. The van der Waals surface area contributed by atoms with Crippen LogP contribution in [0.15, 0.2) is 26.0 Å². The minimum atomic E-state index is -0.438. The molecule has 0 bridgehead atoms. The molecule has 170 valence electrons. The van der Waals surface area contributed by atoms with E-state index in [1.807, 2.05) is 26.8 Å². The van der Waals surface area contributed by atoms with Crippen LogP contribution in [0, 0.1) is 26.7 Å². The van der Waals surface area contributed by atoms with Gasteiger partial charge in [0.15, 0.2) is 0 Å². The first kappa shape index (κ1) is 21.3. The lowest BCUT2D eigenvalue weighted by Gasteiger charge is -2.44. The highest BCUT2D eigenvalue weighted by molar-refractivity contribution is 6.00. The second kappa shape index (κ2) is 8.39. The summed E-state index contributed by atoms with van der Waals surface area (Å²) in [7, 11) is 0. The van der Waals surface area contributed by atoms with E-state index in [2.05, 4.69) is 10.2 Å². The SMILES string of the molecule is Cc1coc2c(C)c3oc(=O)c(CC(=O)NC[C@@H]4CCCN5CCCC[C@H]45)c(C)c3cc12. The molecule has 0 unspecified atom stereocenters. The molecule has 0 saturated carbocycles. The van der Waals surface area contributed by atoms with Crippen LogP contribution in [-0.4, -0.2) is 36.5 Å². The minimum Gasteiger partial charge on any atom is -0.464 e. The van der Waals surface area contributed by atoms with Gasteiger partial charge < -0.3 is 19.1 Å². The molecule has 3 aromatic rings. The van der Waals surface area contributed by atoms with Crippen molar-refractivity contribution in [2.75, 3.05) is 19.6 Å². The van der Waals surface area contributed by atoms with Crippen LogP contribution in [0.2, 0.25) is 0 Å². The van der Waals surface area contributed by atoms with Crippen molar-refractivity contribution in [1.29, 1.82) is 0 Å². The summed E-state index contributed by atoms with van der Waals surface area (Å²) in [6.07, 6.45) is 7.94. The average molecular weight is 437 g/mol. The molecular formula is C26H32N2O4. The van der Waals surface area contributed by atoms with Crippen molar-refractivity contribution < 1.29 is 13.6 Å². The Bertz CT molecular complexity index is 1240. The number of carbonyl (C=O) groups is 1. The summed E-state index contributed by atoms with van der Waals surface area (Å²) in [6, 6.07) is 2.60. The van der Waals surface area contributed by atoms with Crippen molar-refractivity contribution in [1.82, 2.24) is 10.2 Å². The summed E-state index contributed by atoms with van der Waals surface area (Å²) in [5, 5.41) is 5.00. The topological polar surface area (TPSA) is 75.7 Å². The van der Waals surface area contributed by atoms with Crippen LogP contribution in [-0.2, 0) is 11.2 Å². The molecule has 0 aliphatic carbocycles. The summed E-state index contributed by atoms with van der Waals surface area (Å²) in [5.74, 6) is 0.395. The van der Waals surface area contributed by atoms with Crippen molar-refractivity contribution >= 4 is 27.8 Å². The molecule has 0 radical (unpaired) electrons. The Labute approximate surface area is 187 Å². The number of hydrogen-bond acceptors (Lipinski definition) is 5. The number of benzene rings is 1. The first-order valence-electron chi connectivity index (χ1n) is 11.9. The van der Waals surface area contributed by atoms with Gasteiger partial charge in [0.05, 0.1) is 18.2 Å². The number of piperidine rings is 2. The zero-order chi connectivity index (χ0) is 22.4. The maximum absolute atomic E-state index is 12.8. The maximum atomic E-state index is 12.8. The van der Waals surface area contributed by atoms with Crippen LogP contribution in [0.3, 0.4) is 0 Å². The molecule has 2 atom stereocenters. The van der Waals surface area contributed by atoms with Gasteiger partial charge in [0.25, 0.3) is 0 Å². The highest BCUT2D eigenvalue weighted by atomic mass is 16.4. The van der Waals surface area contributed by atoms with Crippen molar-refractivity contribution in [2.45, 2.75) is 65.3 Å². The summed E-state index contributed by atoms with van der Waals surface area (Å²) in [5.41, 5.74) is 3.96. The molecule has 32 heavy (non-hydrogen) atoms. The van der Waals surface area contributed by atoms with E-state index in [1.165, 1.54) is 38.8 Å². The number of amides is 1. The zero-order valence-corrected chi connectivity index (χ0v) is 19.3. The Morgan fingerprint density at radius 1 is 1.06 bits per heavy atom. The van der Waals surface area contributed by atoms with Gasteiger partial charge >= 0.3 is 5.63 Å². The lowest BCUT2D eigenvalue weighted by atomic mass is 9.83. The third-order valence-electron chi connectivity index (χ3n) is 7.66. The van der Waals surface area contributed by atoms with E-state index in [-0.39, 0.29) is 12.3 Å². The molecule has 4 heterocycles. The number of nitrogens with zero attached hydrogens (tertiary/aromatic N) is 1. The normalized spacial score (nSPS) is 21.7. The molecule has 2 saturated heterocycles. The molecule has 5 rings (SSSR count). The molecule has 1 amide bonds. The van der Waals surface area contributed by atoms with E-state index in [0.29, 0.717) is 29.7 Å². The van der Waals surface area contributed by atoms with Crippen molar-refractivity contribution in [3.05, 3.63) is 45.0 Å². The van der Waals surface area contributed by atoms with E-state index in [9.17, 15) is 9.59 Å². The second-order valence-corrected chi connectivity index (χ2v) is 9.65. The molecule has 1 N–H and O–H groups in total. The molecule has 6 heteroatoms. The van der Waals surface area contributed by atoms with Crippen LogP contribution in [0.25, 0.3) is 21.9 Å². The number of carbonyl (C=O) groups excluding carboxylic acids is 1. The number of hydrogen-bond donors (Lipinski definition) is 1. The Balaban J connectivity index is 1.36. The lowest BCUT2D eigenvalue weighted by Crippen LogP contribution is -2.51. The van der Waals surface area contributed by atoms with E-state index in [1.54, 1.807) is 6.26 Å². The van der Waals surface area contributed by atoms with Crippen molar-refractivity contribution in [2.24, 2.45) is 5.92 Å². The fourth-order valence-electron chi connectivity index (χ4n) is 5.81. The molecule has 0 spiro atoms. The highest BCUT2D eigenvalue weighted by Gasteiger charge is 2.33. The second-order valence-electron chi connectivity index (χ2n) is 9.65. The molecule has 1 aromatic carbocycles. The molecule has 2 aromatic heterocycles. The van der Waals surface area contributed by atoms with Gasteiger partial charge in [-0.25, -0.2) is 4.79 Å². The van der Waals surface area contributed by atoms with Crippen LogP contribution < -0.4 is 10.9 Å². The monoisotopic (exact) mass is 436 g/mol. The van der Waals surface area contributed by atoms with Crippen LogP contribution >= 0.6 is 0 Å². The number of furan rings is 1. The lowest BCUT2D eigenvalue weighted by molar-refractivity contribution is -0.120. The van der Waals surface area contributed by atoms with Crippen LogP contribution in [0.4, 0.5) is 0 Å². The van der Waals surface area contributed by atoms with Crippen molar-refractivity contribution in [3.8, 4) is 0 Å². The van der Waals surface area contributed by atoms with Gasteiger partial charge in [0.2, 0.25) is 5.91 Å². The molecule has 2 fully saturated rings. The Kier molecular flexibility index (Phi) is 5.58. The molecule has 2 aliphatic heterocycles. The Morgan fingerprint density at radius 2 is 1.88 bits per heavy atom. The van der Waals surface area contributed by atoms with E-state index in [4.69, 9.17) is 8.83 Å². The zero-order valence-electron chi connectivity index (χ0n) is 19.3. The molecular weight excluding hydrogens is 404 g/mol. The minimum absolute atomic E-state index is 0.0483. The summed E-state index contributed by atoms with van der Waals surface area (Å²) < 4.78 is 11.3.